The van der Waals surface area contributed by atoms with E-state index in [9.17, 15) is 14.7 Å². The van der Waals surface area contributed by atoms with Gasteiger partial charge in [0.15, 0.2) is 0 Å². The summed E-state index contributed by atoms with van der Waals surface area (Å²) >= 11 is 0. The monoisotopic (exact) mass is 249 g/mol. The molecule has 0 bridgehead atoms. The molecule has 1 heterocycles. The van der Waals surface area contributed by atoms with Crippen LogP contribution in [-0.2, 0) is 4.79 Å². The normalized spacial score (nSPS) is 19.1. The lowest BCUT2D eigenvalue weighted by molar-refractivity contribution is -0.122. The molecule has 96 valence electrons. The molecule has 1 aromatic rings. The standard InChI is InChI=1S/C12H15N3O3/c13-9-3-1-7(5-10(9)16)12(18)15-8-2-4-11(17)14-6-8/h1,3,5,8,16H,2,4,6,13H2,(H,14,17)(H,15,18). The quantitative estimate of drug-likeness (QED) is 0.437. The second-order valence-corrected chi connectivity index (χ2v) is 4.29. The lowest BCUT2D eigenvalue weighted by Crippen LogP contribution is -2.47. The maximum absolute atomic E-state index is 11.9. The van der Waals surface area contributed by atoms with Crippen LogP contribution in [0.5, 0.6) is 5.75 Å². The van der Waals surface area contributed by atoms with Crippen LogP contribution >= 0.6 is 0 Å². The summed E-state index contributed by atoms with van der Waals surface area (Å²) < 4.78 is 0. The summed E-state index contributed by atoms with van der Waals surface area (Å²) in [5.41, 5.74) is 6.04. The number of phenolic OH excluding ortho intramolecular Hbond substituents is 1. The van der Waals surface area contributed by atoms with Gasteiger partial charge in [0, 0.05) is 24.6 Å². The molecule has 5 N–H and O–H groups in total. The molecule has 1 unspecified atom stereocenters. The second kappa shape index (κ2) is 4.95. The van der Waals surface area contributed by atoms with Gasteiger partial charge in [0.1, 0.15) is 5.75 Å². The SMILES string of the molecule is Nc1ccc(C(=O)NC2CCC(=O)NC2)cc1O. The van der Waals surface area contributed by atoms with Crippen LogP contribution in [0.1, 0.15) is 23.2 Å². The molecule has 1 aromatic carbocycles. The number of hydrogen-bond donors (Lipinski definition) is 4. The fourth-order valence-electron chi connectivity index (χ4n) is 1.81. The van der Waals surface area contributed by atoms with Gasteiger partial charge in [-0.3, -0.25) is 9.59 Å². The highest BCUT2D eigenvalue weighted by molar-refractivity contribution is 5.95. The molecule has 1 atom stereocenters. The van der Waals surface area contributed by atoms with Crippen molar-refractivity contribution in [3.05, 3.63) is 23.8 Å². The average molecular weight is 249 g/mol. The van der Waals surface area contributed by atoms with E-state index in [1.807, 2.05) is 0 Å². The first-order valence-corrected chi connectivity index (χ1v) is 5.72. The van der Waals surface area contributed by atoms with E-state index >= 15 is 0 Å². The van der Waals surface area contributed by atoms with Crippen LogP contribution in [0.25, 0.3) is 0 Å². The largest absolute Gasteiger partial charge is 0.506 e. The second-order valence-electron chi connectivity index (χ2n) is 4.29. The van der Waals surface area contributed by atoms with E-state index in [0.29, 0.717) is 24.9 Å². The zero-order valence-corrected chi connectivity index (χ0v) is 9.77. The Morgan fingerprint density at radius 2 is 2.28 bits per heavy atom. The van der Waals surface area contributed by atoms with Crippen molar-refractivity contribution in [2.75, 3.05) is 12.3 Å². The average Bonchev–Trinajstić information content (AvgIpc) is 2.35. The van der Waals surface area contributed by atoms with Crippen molar-refractivity contribution in [3.63, 3.8) is 0 Å². The molecular weight excluding hydrogens is 234 g/mol. The maximum atomic E-state index is 11.9. The van der Waals surface area contributed by atoms with Gasteiger partial charge in [0.2, 0.25) is 5.91 Å². The van der Waals surface area contributed by atoms with Crippen molar-refractivity contribution < 1.29 is 14.7 Å². The fourth-order valence-corrected chi connectivity index (χ4v) is 1.81. The first-order valence-electron chi connectivity index (χ1n) is 5.72. The number of phenols is 1. The molecule has 0 radical (unpaired) electrons. The van der Waals surface area contributed by atoms with Crippen LogP contribution in [-0.4, -0.2) is 29.5 Å². The Bertz CT molecular complexity index is 477. The Balaban J connectivity index is 1.99. The van der Waals surface area contributed by atoms with Crippen molar-refractivity contribution in [1.82, 2.24) is 10.6 Å². The van der Waals surface area contributed by atoms with Crippen molar-refractivity contribution in [2.24, 2.45) is 0 Å². The van der Waals surface area contributed by atoms with Crippen LogP contribution < -0.4 is 16.4 Å². The maximum Gasteiger partial charge on any atom is 0.251 e. The third kappa shape index (κ3) is 2.71. The Kier molecular flexibility index (Phi) is 3.36. The molecule has 0 spiro atoms. The minimum atomic E-state index is -0.286. The number of carbonyl (C=O) groups excluding carboxylic acids is 2. The van der Waals surface area contributed by atoms with Gasteiger partial charge < -0.3 is 21.5 Å². The van der Waals surface area contributed by atoms with Crippen LogP contribution in [0.4, 0.5) is 5.69 Å². The third-order valence-electron chi connectivity index (χ3n) is 2.89. The van der Waals surface area contributed by atoms with Gasteiger partial charge in [-0.05, 0) is 24.6 Å². The van der Waals surface area contributed by atoms with E-state index in [4.69, 9.17) is 5.73 Å². The molecule has 1 aliphatic rings. The molecule has 0 saturated carbocycles. The fraction of sp³-hybridized carbons (Fsp3) is 0.333. The van der Waals surface area contributed by atoms with Gasteiger partial charge in [0.25, 0.3) is 5.91 Å². The van der Waals surface area contributed by atoms with E-state index < -0.39 is 0 Å². The first-order chi connectivity index (χ1) is 8.56. The van der Waals surface area contributed by atoms with E-state index in [0.717, 1.165) is 0 Å². The topological polar surface area (TPSA) is 104 Å². The van der Waals surface area contributed by atoms with Crippen LogP contribution in [0.2, 0.25) is 0 Å². The molecular formula is C12H15N3O3. The zero-order chi connectivity index (χ0) is 13.1. The van der Waals surface area contributed by atoms with Crippen LogP contribution in [0.15, 0.2) is 18.2 Å². The summed E-state index contributed by atoms with van der Waals surface area (Å²) in [6.07, 6.45) is 1.04. The minimum Gasteiger partial charge on any atom is -0.506 e. The van der Waals surface area contributed by atoms with Crippen molar-refractivity contribution in [3.8, 4) is 5.75 Å². The summed E-state index contributed by atoms with van der Waals surface area (Å²) in [7, 11) is 0. The van der Waals surface area contributed by atoms with Crippen molar-refractivity contribution in [1.29, 1.82) is 0 Å². The summed E-state index contributed by atoms with van der Waals surface area (Å²) in [6, 6.07) is 4.28. The van der Waals surface area contributed by atoms with E-state index in [1.165, 1.54) is 12.1 Å². The number of piperidine rings is 1. The van der Waals surface area contributed by atoms with Gasteiger partial charge in [-0.1, -0.05) is 0 Å². The Hall–Kier alpha value is -2.24. The predicted octanol–water partition coefficient (Wildman–Crippen LogP) is -0.0172. The molecule has 2 amide bonds. The minimum absolute atomic E-state index is 0.00521. The number of anilines is 1. The molecule has 6 nitrogen and oxygen atoms in total. The Morgan fingerprint density at radius 1 is 1.50 bits per heavy atom. The number of hydrogen-bond acceptors (Lipinski definition) is 4. The lowest BCUT2D eigenvalue weighted by Gasteiger charge is -2.23. The van der Waals surface area contributed by atoms with E-state index in [-0.39, 0.29) is 29.3 Å². The van der Waals surface area contributed by atoms with E-state index in [1.54, 1.807) is 6.07 Å². The number of benzene rings is 1. The number of amides is 2. The molecule has 6 heteroatoms. The number of rotatable bonds is 2. The number of aromatic hydroxyl groups is 1. The van der Waals surface area contributed by atoms with Crippen LogP contribution in [0, 0.1) is 0 Å². The molecule has 1 fully saturated rings. The highest BCUT2D eigenvalue weighted by Crippen LogP contribution is 2.20. The number of carbonyl (C=O) groups is 2. The highest BCUT2D eigenvalue weighted by atomic mass is 16.3. The number of nitrogens with one attached hydrogen (secondary N) is 2. The highest BCUT2D eigenvalue weighted by Gasteiger charge is 2.20. The Morgan fingerprint density at radius 3 is 2.89 bits per heavy atom. The molecule has 18 heavy (non-hydrogen) atoms. The number of nitrogens with two attached hydrogens (primary N) is 1. The predicted molar refractivity (Wildman–Crippen MR) is 66.0 cm³/mol. The summed E-state index contributed by atoms with van der Waals surface area (Å²) in [5, 5.41) is 14.9. The van der Waals surface area contributed by atoms with Crippen molar-refractivity contribution in [2.45, 2.75) is 18.9 Å². The molecule has 0 aliphatic carbocycles. The lowest BCUT2D eigenvalue weighted by atomic mass is 10.1. The molecule has 1 aliphatic heterocycles. The summed E-state index contributed by atoms with van der Waals surface area (Å²) in [5.74, 6) is -0.392. The van der Waals surface area contributed by atoms with Gasteiger partial charge in [-0.2, -0.15) is 0 Å². The summed E-state index contributed by atoms with van der Waals surface area (Å²) in [4.78, 5) is 22.9. The Labute approximate surface area is 104 Å². The first kappa shape index (κ1) is 12.2. The van der Waals surface area contributed by atoms with Gasteiger partial charge in [-0.25, -0.2) is 0 Å². The van der Waals surface area contributed by atoms with Gasteiger partial charge in [0.05, 0.1) is 5.69 Å². The van der Waals surface area contributed by atoms with Gasteiger partial charge >= 0.3 is 0 Å². The van der Waals surface area contributed by atoms with Crippen LogP contribution in [0.3, 0.4) is 0 Å². The molecule has 2 rings (SSSR count). The summed E-state index contributed by atoms with van der Waals surface area (Å²) in [6.45, 7) is 0.436. The molecule has 0 aromatic heterocycles. The third-order valence-corrected chi connectivity index (χ3v) is 2.89. The van der Waals surface area contributed by atoms with Gasteiger partial charge in [-0.15, -0.1) is 0 Å². The molecule has 1 saturated heterocycles. The number of nitrogen functional groups attached to an aromatic ring is 1. The van der Waals surface area contributed by atoms with Crippen molar-refractivity contribution >= 4 is 17.5 Å². The zero-order valence-electron chi connectivity index (χ0n) is 9.77. The smallest absolute Gasteiger partial charge is 0.251 e. The van der Waals surface area contributed by atoms with E-state index in [2.05, 4.69) is 10.6 Å².